The first kappa shape index (κ1) is 24.9. The van der Waals surface area contributed by atoms with Crippen molar-refractivity contribution in [2.24, 2.45) is 0 Å². The predicted molar refractivity (Wildman–Crippen MR) is 187 cm³/mol. The molecule has 2 nitrogen and oxygen atoms in total. The standard InChI is InChI=1S/C42H30N2/c1-3-14-29(15-4-1)31-18-13-19-32(28-31)43-37-24-11-8-21-34(37)41-39(43)26-27-40-42(41)35-22-9-12-25-38(35)44(40)36-23-10-7-20-33(36)30-16-5-2-6-17-30/h2-3,5-28H,1,4H2. The van der Waals surface area contributed by atoms with Gasteiger partial charge in [-0.15, -0.1) is 0 Å². The van der Waals surface area contributed by atoms with Crippen LogP contribution in [0.3, 0.4) is 0 Å². The second-order valence-electron chi connectivity index (χ2n) is 11.6. The maximum Gasteiger partial charge on any atom is 0.0549 e. The fraction of sp³-hybridized carbons (Fsp3) is 0.0476. The molecule has 0 fully saturated rings. The third kappa shape index (κ3) is 3.74. The van der Waals surface area contributed by atoms with Gasteiger partial charge in [-0.05, 0) is 72.0 Å². The summed E-state index contributed by atoms with van der Waals surface area (Å²) in [5.41, 5.74) is 12.3. The summed E-state index contributed by atoms with van der Waals surface area (Å²) in [7, 11) is 0. The van der Waals surface area contributed by atoms with Crippen molar-refractivity contribution in [1.82, 2.24) is 9.13 Å². The molecular formula is C42H30N2. The zero-order valence-electron chi connectivity index (χ0n) is 24.3. The summed E-state index contributed by atoms with van der Waals surface area (Å²) in [6.07, 6.45) is 9.12. The van der Waals surface area contributed by atoms with E-state index in [1.165, 1.54) is 77.2 Å². The summed E-state index contributed by atoms with van der Waals surface area (Å²) < 4.78 is 4.91. The number of nitrogens with zero attached hydrogens (tertiary/aromatic N) is 2. The van der Waals surface area contributed by atoms with E-state index in [1.54, 1.807) is 0 Å². The lowest BCUT2D eigenvalue weighted by Crippen LogP contribution is -1.97. The molecule has 0 amide bonds. The fourth-order valence-corrected chi connectivity index (χ4v) is 7.24. The second kappa shape index (κ2) is 10.00. The Morgan fingerprint density at radius 3 is 1.84 bits per heavy atom. The highest BCUT2D eigenvalue weighted by molar-refractivity contribution is 6.29. The maximum absolute atomic E-state index is 2.46. The molecule has 2 heterocycles. The number of hydrogen-bond acceptors (Lipinski definition) is 0. The van der Waals surface area contributed by atoms with Gasteiger partial charge in [0.1, 0.15) is 0 Å². The molecule has 0 atom stereocenters. The minimum Gasteiger partial charge on any atom is -0.309 e. The molecule has 0 saturated carbocycles. The summed E-state index contributed by atoms with van der Waals surface area (Å²) in [6.45, 7) is 0. The van der Waals surface area contributed by atoms with Crippen LogP contribution in [-0.4, -0.2) is 9.13 Å². The van der Waals surface area contributed by atoms with Crippen molar-refractivity contribution in [2.75, 3.05) is 0 Å². The normalized spacial score (nSPS) is 13.3. The Balaban J connectivity index is 1.38. The monoisotopic (exact) mass is 562 g/mol. The minimum atomic E-state index is 1.10. The molecule has 1 aliphatic rings. The first-order valence-electron chi connectivity index (χ1n) is 15.4. The number of fused-ring (bicyclic) bond motifs is 7. The largest absolute Gasteiger partial charge is 0.309 e. The van der Waals surface area contributed by atoms with Crippen molar-refractivity contribution in [2.45, 2.75) is 12.8 Å². The molecular weight excluding hydrogens is 532 g/mol. The summed E-state index contributed by atoms with van der Waals surface area (Å²) in [5, 5.41) is 5.14. The van der Waals surface area contributed by atoms with Crippen LogP contribution >= 0.6 is 0 Å². The molecule has 2 aromatic heterocycles. The SMILES string of the molecule is C1=CC(c2cccc(-n3c4ccccc4c4c5c6ccccc6n(-c6ccccc6-c6ccccc6)c5ccc43)c2)=CCC1. The van der Waals surface area contributed by atoms with E-state index in [9.17, 15) is 0 Å². The zero-order valence-corrected chi connectivity index (χ0v) is 24.3. The van der Waals surface area contributed by atoms with E-state index < -0.39 is 0 Å². The van der Waals surface area contributed by atoms with Crippen LogP contribution in [0, 0.1) is 0 Å². The number of allylic oxidation sites excluding steroid dienone is 4. The van der Waals surface area contributed by atoms with Crippen LogP contribution in [0.4, 0.5) is 0 Å². The molecule has 9 rings (SSSR count). The van der Waals surface area contributed by atoms with E-state index in [0.717, 1.165) is 12.8 Å². The fourth-order valence-electron chi connectivity index (χ4n) is 7.24. The molecule has 208 valence electrons. The van der Waals surface area contributed by atoms with Crippen LogP contribution in [0.2, 0.25) is 0 Å². The molecule has 0 N–H and O–H groups in total. The smallest absolute Gasteiger partial charge is 0.0549 e. The topological polar surface area (TPSA) is 9.86 Å². The lowest BCUT2D eigenvalue weighted by molar-refractivity contribution is 1.04. The maximum atomic E-state index is 2.46. The van der Waals surface area contributed by atoms with Gasteiger partial charge in [-0.2, -0.15) is 0 Å². The molecule has 44 heavy (non-hydrogen) atoms. The number of para-hydroxylation sites is 3. The Hall–Kier alpha value is -5.60. The number of aromatic nitrogens is 2. The zero-order chi connectivity index (χ0) is 29.0. The highest BCUT2D eigenvalue weighted by atomic mass is 15.0. The molecule has 0 saturated heterocycles. The Morgan fingerprint density at radius 1 is 0.455 bits per heavy atom. The van der Waals surface area contributed by atoms with Crippen LogP contribution in [0.1, 0.15) is 18.4 Å². The van der Waals surface area contributed by atoms with Crippen molar-refractivity contribution in [3.63, 3.8) is 0 Å². The van der Waals surface area contributed by atoms with E-state index in [0.29, 0.717) is 0 Å². The van der Waals surface area contributed by atoms with E-state index in [1.807, 2.05) is 0 Å². The number of rotatable bonds is 4. The van der Waals surface area contributed by atoms with Crippen molar-refractivity contribution in [3.05, 3.63) is 163 Å². The van der Waals surface area contributed by atoms with E-state index in [2.05, 4.69) is 167 Å². The van der Waals surface area contributed by atoms with Gasteiger partial charge >= 0.3 is 0 Å². The Morgan fingerprint density at radius 2 is 1.09 bits per heavy atom. The Labute approximate surface area is 256 Å². The Bertz CT molecular complexity index is 2430. The highest BCUT2D eigenvalue weighted by Crippen LogP contribution is 2.43. The first-order chi connectivity index (χ1) is 21.9. The van der Waals surface area contributed by atoms with Crippen molar-refractivity contribution >= 4 is 49.2 Å². The molecule has 0 radical (unpaired) electrons. The quantitative estimate of drug-likeness (QED) is 0.202. The van der Waals surface area contributed by atoms with Gasteiger partial charge in [0, 0.05) is 32.8 Å². The molecule has 2 heteroatoms. The van der Waals surface area contributed by atoms with Crippen LogP contribution in [0.25, 0.3) is 71.7 Å². The van der Waals surface area contributed by atoms with Gasteiger partial charge < -0.3 is 9.13 Å². The summed E-state index contributed by atoms with van der Waals surface area (Å²) >= 11 is 0. The molecule has 8 aromatic rings. The van der Waals surface area contributed by atoms with E-state index in [4.69, 9.17) is 0 Å². The first-order valence-corrected chi connectivity index (χ1v) is 15.4. The minimum absolute atomic E-state index is 1.10. The lowest BCUT2D eigenvalue weighted by Gasteiger charge is -2.14. The van der Waals surface area contributed by atoms with Gasteiger partial charge in [-0.25, -0.2) is 0 Å². The predicted octanol–water partition coefficient (Wildman–Crippen LogP) is 11.3. The van der Waals surface area contributed by atoms with Crippen LogP contribution in [0.15, 0.2) is 158 Å². The van der Waals surface area contributed by atoms with Crippen LogP contribution in [0.5, 0.6) is 0 Å². The average molecular weight is 563 g/mol. The average Bonchev–Trinajstić information content (AvgIpc) is 3.62. The third-order valence-corrected chi connectivity index (χ3v) is 9.13. The van der Waals surface area contributed by atoms with Crippen molar-refractivity contribution < 1.29 is 0 Å². The lowest BCUT2D eigenvalue weighted by atomic mass is 9.99. The van der Waals surface area contributed by atoms with Gasteiger partial charge in [0.05, 0.1) is 27.8 Å². The summed E-state index contributed by atoms with van der Waals surface area (Å²) in [4.78, 5) is 0. The molecule has 0 aliphatic heterocycles. The van der Waals surface area contributed by atoms with E-state index in [-0.39, 0.29) is 0 Å². The number of benzene rings is 6. The molecule has 1 aliphatic carbocycles. The van der Waals surface area contributed by atoms with Gasteiger partial charge in [0.25, 0.3) is 0 Å². The van der Waals surface area contributed by atoms with Gasteiger partial charge in [0.2, 0.25) is 0 Å². The van der Waals surface area contributed by atoms with Crippen molar-refractivity contribution in [1.29, 1.82) is 0 Å². The van der Waals surface area contributed by atoms with E-state index >= 15 is 0 Å². The Kier molecular flexibility index (Phi) is 5.67. The van der Waals surface area contributed by atoms with Gasteiger partial charge in [0.15, 0.2) is 0 Å². The number of hydrogen-bond donors (Lipinski definition) is 0. The highest BCUT2D eigenvalue weighted by Gasteiger charge is 2.21. The summed E-state index contributed by atoms with van der Waals surface area (Å²) in [6, 6.07) is 50.9. The molecule has 6 aromatic carbocycles. The van der Waals surface area contributed by atoms with Crippen molar-refractivity contribution in [3.8, 4) is 22.5 Å². The van der Waals surface area contributed by atoms with Crippen LogP contribution in [-0.2, 0) is 0 Å². The van der Waals surface area contributed by atoms with Gasteiger partial charge in [-0.3, -0.25) is 0 Å². The molecule has 0 bridgehead atoms. The molecule has 0 spiro atoms. The third-order valence-electron chi connectivity index (χ3n) is 9.13. The molecule has 0 unspecified atom stereocenters. The summed E-state index contributed by atoms with van der Waals surface area (Å²) in [5.74, 6) is 0. The second-order valence-corrected chi connectivity index (χ2v) is 11.6. The van der Waals surface area contributed by atoms with Crippen LogP contribution < -0.4 is 0 Å². The van der Waals surface area contributed by atoms with Gasteiger partial charge in [-0.1, -0.05) is 115 Å².